The smallest absolute Gasteiger partial charge is 0.161 e. The molecule has 0 radical (unpaired) electrons. The van der Waals surface area contributed by atoms with Gasteiger partial charge in [0.05, 0.1) is 24.8 Å². The van der Waals surface area contributed by atoms with Crippen LogP contribution in [0.5, 0.6) is 11.5 Å². The maximum atomic E-state index is 6.00. The van der Waals surface area contributed by atoms with E-state index in [9.17, 15) is 0 Å². The van der Waals surface area contributed by atoms with E-state index in [1.165, 1.54) is 11.1 Å². The lowest BCUT2D eigenvalue weighted by atomic mass is 10.1. The Kier molecular flexibility index (Phi) is 6.70. The van der Waals surface area contributed by atoms with Gasteiger partial charge in [-0.25, -0.2) is 4.98 Å². The fraction of sp³-hybridized carbons (Fsp3) is 0.400. The first-order chi connectivity index (χ1) is 14.8. The van der Waals surface area contributed by atoms with Crippen LogP contribution in [0.25, 0.3) is 11.0 Å². The van der Waals surface area contributed by atoms with Crippen LogP contribution in [0.15, 0.2) is 55.1 Å². The van der Waals surface area contributed by atoms with Gasteiger partial charge in [-0.2, -0.15) is 0 Å². The minimum absolute atomic E-state index is 0.118. The Morgan fingerprint density at radius 1 is 1.20 bits per heavy atom. The van der Waals surface area contributed by atoms with E-state index in [2.05, 4.69) is 35.4 Å². The molecule has 2 aromatic carbocycles. The number of fused-ring (bicyclic) bond motifs is 1. The SMILES string of the molecule is C=CCc1ccc(OCCCCn2c(C3CCCO3)nc3ccccc32)c(OC)c1. The van der Waals surface area contributed by atoms with Gasteiger partial charge in [-0.15, -0.1) is 6.58 Å². The number of rotatable bonds is 10. The molecule has 0 saturated carbocycles. The van der Waals surface area contributed by atoms with Crippen LogP contribution in [0.2, 0.25) is 0 Å². The first-order valence-corrected chi connectivity index (χ1v) is 10.8. The third-order valence-corrected chi connectivity index (χ3v) is 5.54. The number of hydrogen-bond donors (Lipinski definition) is 0. The number of nitrogens with zero attached hydrogens (tertiary/aromatic N) is 2. The Bertz CT molecular complexity index is 989. The molecule has 5 heteroatoms. The van der Waals surface area contributed by atoms with Gasteiger partial charge in [0, 0.05) is 13.2 Å². The van der Waals surface area contributed by atoms with Crippen molar-refractivity contribution in [3.8, 4) is 11.5 Å². The molecule has 5 nitrogen and oxygen atoms in total. The van der Waals surface area contributed by atoms with Crippen molar-refractivity contribution in [1.82, 2.24) is 9.55 Å². The second-order valence-corrected chi connectivity index (χ2v) is 7.65. The van der Waals surface area contributed by atoms with Crippen molar-refractivity contribution in [2.24, 2.45) is 0 Å². The van der Waals surface area contributed by atoms with Crippen molar-refractivity contribution in [1.29, 1.82) is 0 Å². The van der Waals surface area contributed by atoms with Crippen molar-refractivity contribution in [3.63, 3.8) is 0 Å². The van der Waals surface area contributed by atoms with E-state index < -0.39 is 0 Å². The van der Waals surface area contributed by atoms with E-state index in [0.29, 0.717) is 6.61 Å². The summed E-state index contributed by atoms with van der Waals surface area (Å²) in [5.41, 5.74) is 3.40. The van der Waals surface area contributed by atoms with E-state index in [0.717, 1.165) is 68.1 Å². The van der Waals surface area contributed by atoms with Crippen LogP contribution in [-0.4, -0.2) is 29.9 Å². The number of unbranched alkanes of at least 4 members (excludes halogenated alkanes) is 1. The summed E-state index contributed by atoms with van der Waals surface area (Å²) in [4.78, 5) is 4.87. The number of imidazole rings is 1. The van der Waals surface area contributed by atoms with Crippen LogP contribution in [0.4, 0.5) is 0 Å². The highest BCUT2D eigenvalue weighted by Gasteiger charge is 2.24. The lowest BCUT2D eigenvalue weighted by Crippen LogP contribution is -2.10. The number of hydrogen-bond acceptors (Lipinski definition) is 4. The Labute approximate surface area is 178 Å². The van der Waals surface area contributed by atoms with Gasteiger partial charge in [-0.1, -0.05) is 24.3 Å². The molecule has 1 aromatic heterocycles. The molecule has 4 rings (SSSR count). The number of ether oxygens (including phenoxy) is 3. The largest absolute Gasteiger partial charge is 0.493 e. The first kappa shape index (κ1) is 20.5. The van der Waals surface area contributed by atoms with Gasteiger partial charge in [0.1, 0.15) is 11.9 Å². The van der Waals surface area contributed by atoms with Gasteiger partial charge >= 0.3 is 0 Å². The van der Waals surface area contributed by atoms with E-state index >= 15 is 0 Å². The number of benzene rings is 2. The van der Waals surface area contributed by atoms with Gasteiger partial charge in [0.25, 0.3) is 0 Å². The summed E-state index contributed by atoms with van der Waals surface area (Å²) in [6, 6.07) is 14.4. The summed E-state index contributed by atoms with van der Waals surface area (Å²) in [5.74, 6) is 2.63. The first-order valence-electron chi connectivity index (χ1n) is 10.8. The lowest BCUT2D eigenvalue weighted by Gasteiger charge is -2.14. The predicted octanol–water partition coefficient (Wildman–Crippen LogP) is 5.48. The molecule has 0 amide bonds. The van der Waals surface area contributed by atoms with Crippen molar-refractivity contribution in [3.05, 3.63) is 66.5 Å². The summed E-state index contributed by atoms with van der Waals surface area (Å²) in [6.45, 7) is 6.18. The standard InChI is InChI=1S/C25H30N2O3/c1-3-9-19-13-14-22(24(18-19)28-2)29-16-7-6-15-27-21-11-5-4-10-20(21)26-25(27)23-12-8-17-30-23/h3-5,10-11,13-14,18,23H,1,6-9,12,15-17H2,2H3. The second-order valence-electron chi connectivity index (χ2n) is 7.65. The summed E-state index contributed by atoms with van der Waals surface area (Å²) < 4.78 is 19.7. The average molecular weight is 407 g/mol. The van der Waals surface area contributed by atoms with Crippen LogP contribution in [-0.2, 0) is 17.7 Å². The van der Waals surface area contributed by atoms with E-state index in [-0.39, 0.29) is 6.10 Å². The van der Waals surface area contributed by atoms with Crippen LogP contribution < -0.4 is 9.47 Å². The van der Waals surface area contributed by atoms with Crippen molar-refractivity contribution >= 4 is 11.0 Å². The van der Waals surface area contributed by atoms with Crippen molar-refractivity contribution < 1.29 is 14.2 Å². The molecule has 158 valence electrons. The molecule has 30 heavy (non-hydrogen) atoms. The van der Waals surface area contributed by atoms with Gasteiger partial charge in [-0.05, 0) is 61.9 Å². The van der Waals surface area contributed by atoms with E-state index in [4.69, 9.17) is 19.2 Å². The molecular weight excluding hydrogens is 376 g/mol. The third kappa shape index (κ3) is 4.51. The number of aromatic nitrogens is 2. The van der Waals surface area contributed by atoms with Crippen LogP contribution >= 0.6 is 0 Å². The van der Waals surface area contributed by atoms with Gasteiger partial charge in [-0.3, -0.25) is 0 Å². The maximum absolute atomic E-state index is 6.00. The molecule has 1 atom stereocenters. The zero-order valence-electron chi connectivity index (χ0n) is 17.7. The zero-order valence-corrected chi connectivity index (χ0v) is 17.7. The molecule has 2 heterocycles. The number of methoxy groups -OCH3 is 1. The number of para-hydroxylation sites is 2. The van der Waals surface area contributed by atoms with E-state index in [1.54, 1.807) is 7.11 Å². The Hall–Kier alpha value is -2.79. The van der Waals surface area contributed by atoms with Crippen molar-refractivity contribution in [2.45, 2.75) is 44.8 Å². The highest BCUT2D eigenvalue weighted by atomic mass is 16.5. The minimum Gasteiger partial charge on any atom is -0.493 e. The molecule has 0 aliphatic carbocycles. The summed E-state index contributed by atoms with van der Waals surface area (Å²) in [7, 11) is 1.68. The summed E-state index contributed by atoms with van der Waals surface area (Å²) >= 11 is 0. The molecule has 1 unspecified atom stereocenters. The Balaban J connectivity index is 1.36. The van der Waals surface area contributed by atoms with Crippen LogP contribution in [0, 0.1) is 0 Å². The predicted molar refractivity (Wildman–Crippen MR) is 119 cm³/mol. The second kappa shape index (κ2) is 9.81. The monoisotopic (exact) mass is 406 g/mol. The molecule has 1 aliphatic heterocycles. The maximum Gasteiger partial charge on any atom is 0.161 e. The van der Waals surface area contributed by atoms with Crippen molar-refractivity contribution in [2.75, 3.05) is 20.3 Å². The molecule has 3 aromatic rings. The summed E-state index contributed by atoms with van der Waals surface area (Å²) in [5, 5.41) is 0. The molecule has 1 fully saturated rings. The topological polar surface area (TPSA) is 45.5 Å². The molecule has 0 spiro atoms. The fourth-order valence-electron chi connectivity index (χ4n) is 4.04. The zero-order chi connectivity index (χ0) is 20.8. The Morgan fingerprint density at radius 3 is 2.90 bits per heavy atom. The van der Waals surface area contributed by atoms with Crippen LogP contribution in [0.1, 0.15) is 43.2 Å². The molecular formula is C25H30N2O3. The molecule has 0 N–H and O–H groups in total. The fourth-order valence-corrected chi connectivity index (χ4v) is 4.04. The van der Waals surface area contributed by atoms with Gasteiger partial charge in [0.2, 0.25) is 0 Å². The van der Waals surface area contributed by atoms with Crippen LogP contribution in [0.3, 0.4) is 0 Å². The molecule has 1 aliphatic rings. The van der Waals surface area contributed by atoms with E-state index in [1.807, 2.05) is 24.3 Å². The molecule has 0 bridgehead atoms. The summed E-state index contributed by atoms with van der Waals surface area (Å²) in [6.07, 6.45) is 6.95. The molecule has 1 saturated heterocycles. The highest BCUT2D eigenvalue weighted by molar-refractivity contribution is 5.76. The normalized spacial score (nSPS) is 16.1. The minimum atomic E-state index is 0.118. The Morgan fingerprint density at radius 2 is 2.10 bits per heavy atom. The quantitative estimate of drug-likeness (QED) is 0.330. The number of aryl methyl sites for hydroxylation is 1. The van der Waals surface area contributed by atoms with Gasteiger partial charge < -0.3 is 18.8 Å². The average Bonchev–Trinajstić information content (AvgIpc) is 3.42. The third-order valence-electron chi connectivity index (χ3n) is 5.54. The van der Waals surface area contributed by atoms with Gasteiger partial charge in [0.15, 0.2) is 11.5 Å². The lowest BCUT2D eigenvalue weighted by molar-refractivity contribution is 0.102. The highest BCUT2D eigenvalue weighted by Crippen LogP contribution is 2.31. The number of allylic oxidation sites excluding steroid dienone is 1.